The highest BCUT2D eigenvalue weighted by Crippen LogP contribution is 2.23. The smallest absolute Gasteiger partial charge is 0.240 e. The Bertz CT molecular complexity index is 928. The van der Waals surface area contributed by atoms with E-state index in [0.717, 1.165) is 21.7 Å². The van der Waals surface area contributed by atoms with Crippen molar-refractivity contribution < 1.29 is 22.7 Å². The Morgan fingerprint density at radius 2 is 1.82 bits per heavy atom. The van der Waals surface area contributed by atoms with E-state index in [2.05, 4.69) is 5.32 Å². The van der Waals surface area contributed by atoms with Gasteiger partial charge in [-0.2, -0.15) is 0 Å². The van der Waals surface area contributed by atoms with Gasteiger partial charge < -0.3 is 14.8 Å². The average Bonchev–Trinajstić information content (AvgIpc) is 2.63. The van der Waals surface area contributed by atoms with Crippen molar-refractivity contribution in [3.63, 3.8) is 0 Å². The van der Waals surface area contributed by atoms with Gasteiger partial charge in [0.25, 0.3) is 0 Å². The van der Waals surface area contributed by atoms with Crippen molar-refractivity contribution in [2.75, 3.05) is 37.4 Å². The second kappa shape index (κ2) is 9.45. The third-order valence-corrected chi connectivity index (χ3v) is 5.17. The Kier molecular flexibility index (Phi) is 7.28. The van der Waals surface area contributed by atoms with Crippen LogP contribution in [0.25, 0.3) is 0 Å². The molecule has 0 spiro atoms. The van der Waals surface area contributed by atoms with E-state index in [0.29, 0.717) is 17.2 Å². The van der Waals surface area contributed by atoms with Crippen molar-refractivity contribution in [3.05, 3.63) is 53.6 Å². The second-order valence-electron chi connectivity index (χ2n) is 6.44. The monoisotopic (exact) mass is 406 g/mol. The van der Waals surface area contributed by atoms with Crippen LogP contribution in [-0.4, -0.2) is 47.4 Å². The SMILES string of the molecule is COc1cccc(OCCNC(=O)CN(c2ccc(C)cc2C)S(C)(=O)=O)c1. The molecule has 0 aromatic heterocycles. The van der Waals surface area contributed by atoms with Crippen molar-refractivity contribution in [1.29, 1.82) is 0 Å². The predicted molar refractivity (Wildman–Crippen MR) is 110 cm³/mol. The van der Waals surface area contributed by atoms with Crippen molar-refractivity contribution in [2.45, 2.75) is 13.8 Å². The van der Waals surface area contributed by atoms with Crippen LogP contribution in [-0.2, 0) is 14.8 Å². The largest absolute Gasteiger partial charge is 0.497 e. The van der Waals surface area contributed by atoms with Gasteiger partial charge in [-0.1, -0.05) is 23.8 Å². The maximum Gasteiger partial charge on any atom is 0.240 e. The molecule has 0 aliphatic rings. The molecule has 0 aliphatic carbocycles. The number of benzene rings is 2. The fourth-order valence-corrected chi connectivity index (χ4v) is 3.62. The maximum absolute atomic E-state index is 12.3. The minimum Gasteiger partial charge on any atom is -0.497 e. The Balaban J connectivity index is 1.93. The summed E-state index contributed by atoms with van der Waals surface area (Å²) in [5, 5.41) is 2.68. The molecule has 152 valence electrons. The van der Waals surface area contributed by atoms with E-state index in [-0.39, 0.29) is 19.7 Å². The molecule has 0 saturated carbocycles. The summed E-state index contributed by atoms with van der Waals surface area (Å²) in [5.74, 6) is 0.903. The number of ether oxygens (including phenoxy) is 2. The molecule has 0 fully saturated rings. The molecule has 7 nitrogen and oxygen atoms in total. The van der Waals surface area contributed by atoms with Gasteiger partial charge in [0.2, 0.25) is 15.9 Å². The van der Waals surface area contributed by atoms with Crippen LogP contribution in [0.5, 0.6) is 11.5 Å². The molecule has 1 N–H and O–H groups in total. The molecule has 0 radical (unpaired) electrons. The first kappa shape index (κ1) is 21.6. The summed E-state index contributed by atoms with van der Waals surface area (Å²) in [6.07, 6.45) is 1.09. The number of carbonyl (C=O) groups is 1. The van der Waals surface area contributed by atoms with Crippen LogP contribution in [0.15, 0.2) is 42.5 Å². The minimum atomic E-state index is -3.60. The molecule has 2 rings (SSSR count). The van der Waals surface area contributed by atoms with E-state index in [4.69, 9.17) is 9.47 Å². The van der Waals surface area contributed by atoms with Gasteiger partial charge in [0.05, 0.1) is 25.6 Å². The Labute approximate surface area is 166 Å². The summed E-state index contributed by atoms with van der Waals surface area (Å²) >= 11 is 0. The zero-order valence-electron chi connectivity index (χ0n) is 16.6. The summed E-state index contributed by atoms with van der Waals surface area (Å²) in [5.41, 5.74) is 2.31. The molecule has 8 heteroatoms. The lowest BCUT2D eigenvalue weighted by Crippen LogP contribution is -2.41. The van der Waals surface area contributed by atoms with Crippen LogP contribution < -0.4 is 19.1 Å². The minimum absolute atomic E-state index is 0.251. The van der Waals surface area contributed by atoms with Crippen LogP contribution in [0, 0.1) is 13.8 Å². The second-order valence-corrected chi connectivity index (χ2v) is 8.34. The molecule has 2 aromatic rings. The standard InChI is InChI=1S/C20H26N2O5S/c1-15-8-9-19(16(2)12-15)22(28(4,24)25)14-20(23)21-10-11-27-18-7-5-6-17(13-18)26-3/h5-9,12-13H,10-11,14H2,1-4H3,(H,21,23). The number of hydrogen-bond donors (Lipinski definition) is 1. The first-order valence-electron chi connectivity index (χ1n) is 8.79. The van der Waals surface area contributed by atoms with Crippen molar-refractivity contribution in [1.82, 2.24) is 5.32 Å². The molecule has 0 aliphatic heterocycles. The number of rotatable bonds is 9. The fraction of sp³-hybridized carbons (Fsp3) is 0.350. The van der Waals surface area contributed by atoms with E-state index >= 15 is 0 Å². The van der Waals surface area contributed by atoms with E-state index in [1.165, 1.54) is 0 Å². The highest BCUT2D eigenvalue weighted by atomic mass is 32.2. The normalized spacial score (nSPS) is 11.0. The van der Waals surface area contributed by atoms with Crippen molar-refractivity contribution in [3.8, 4) is 11.5 Å². The van der Waals surface area contributed by atoms with Gasteiger partial charge in [-0.3, -0.25) is 9.10 Å². The zero-order valence-corrected chi connectivity index (χ0v) is 17.4. The number of sulfonamides is 1. The van der Waals surface area contributed by atoms with Gasteiger partial charge in [0.15, 0.2) is 0 Å². The molecule has 0 unspecified atom stereocenters. The number of methoxy groups -OCH3 is 1. The quantitative estimate of drug-likeness (QED) is 0.646. The lowest BCUT2D eigenvalue weighted by Gasteiger charge is -2.24. The highest BCUT2D eigenvalue weighted by molar-refractivity contribution is 7.92. The van der Waals surface area contributed by atoms with Crippen molar-refractivity contribution >= 4 is 21.6 Å². The van der Waals surface area contributed by atoms with E-state index in [1.54, 1.807) is 31.4 Å². The van der Waals surface area contributed by atoms with Crippen LogP contribution in [0.4, 0.5) is 5.69 Å². The summed E-state index contributed by atoms with van der Waals surface area (Å²) in [6, 6.07) is 12.6. The summed E-state index contributed by atoms with van der Waals surface area (Å²) in [7, 11) is -2.03. The maximum atomic E-state index is 12.3. The van der Waals surface area contributed by atoms with E-state index in [9.17, 15) is 13.2 Å². The first-order chi connectivity index (χ1) is 13.2. The lowest BCUT2D eigenvalue weighted by atomic mass is 10.1. The number of anilines is 1. The number of nitrogens with zero attached hydrogens (tertiary/aromatic N) is 1. The van der Waals surface area contributed by atoms with Gasteiger partial charge >= 0.3 is 0 Å². The topological polar surface area (TPSA) is 84.9 Å². The molecule has 2 aromatic carbocycles. The van der Waals surface area contributed by atoms with E-state index in [1.807, 2.05) is 32.0 Å². The van der Waals surface area contributed by atoms with Crippen LogP contribution in [0.1, 0.15) is 11.1 Å². The molecule has 28 heavy (non-hydrogen) atoms. The first-order valence-corrected chi connectivity index (χ1v) is 10.6. The van der Waals surface area contributed by atoms with Crippen LogP contribution in [0.3, 0.4) is 0 Å². The number of hydrogen-bond acceptors (Lipinski definition) is 5. The summed E-state index contributed by atoms with van der Waals surface area (Å²) in [6.45, 7) is 3.96. The zero-order chi connectivity index (χ0) is 20.7. The lowest BCUT2D eigenvalue weighted by molar-refractivity contribution is -0.119. The Hall–Kier alpha value is -2.74. The van der Waals surface area contributed by atoms with Crippen molar-refractivity contribution in [2.24, 2.45) is 0 Å². The third kappa shape index (κ3) is 6.16. The predicted octanol–water partition coefficient (Wildman–Crippen LogP) is 2.27. The van der Waals surface area contributed by atoms with Gasteiger partial charge in [-0.05, 0) is 37.6 Å². The van der Waals surface area contributed by atoms with Gasteiger partial charge in [0, 0.05) is 6.07 Å². The van der Waals surface area contributed by atoms with Gasteiger partial charge in [-0.15, -0.1) is 0 Å². The number of carbonyl (C=O) groups excluding carboxylic acids is 1. The molecule has 0 atom stereocenters. The molecular formula is C20H26N2O5S. The molecular weight excluding hydrogens is 380 g/mol. The molecule has 0 heterocycles. The van der Waals surface area contributed by atoms with E-state index < -0.39 is 15.9 Å². The highest BCUT2D eigenvalue weighted by Gasteiger charge is 2.22. The number of amides is 1. The number of nitrogens with one attached hydrogen (secondary N) is 1. The molecule has 0 saturated heterocycles. The average molecular weight is 407 g/mol. The summed E-state index contributed by atoms with van der Waals surface area (Å²) in [4.78, 5) is 12.3. The molecule has 0 bridgehead atoms. The molecule has 1 amide bonds. The Morgan fingerprint density at radius 1 is 1.11 bits per heavy atom. The Morgan fingerprint density at radius 3 is 2.46 bits per heavy atom. The van der Waals surface area contributed by atoms with Gasteiger partial charge in [0.1, 0.15) is 24.7 Å². The fourth-order valence-electron chi connectivity index (χ4n) is 2.70. The van der Waals surface area contributed by atoms with Crippen LogP contribution in [0.2, 0.25) is 0 Å². The summed E-state index contributed by atoms with van der Waals surface area (Å²) < 4.78 is 36.2. The van der Waals surface area contributed by atoms with Gasteiger partial charge in [-0.25, -0.2) is 8.42 Å². The van der Waals surface area contributed by atoms with Crippen LogP contribution >= 0.6 is 0 Å². The third-order valence-electron chi connectivity index (χ3n) is 4.04. The number of aryl methyl sites for hydroxylation is 2.